The maximum atomic E-state index is 12.2. The van der Waals surface area contributed by atoms with Crippen LogP contribution >= 0.6 is 0 Å². The quantitative estimate of drug-likeness (QED) is 0.895. The van der Waals surface area contributed by atoms with Gasteiger partial charge in [0.25, 0.3) is 0 Å². The Labute approximate surface area is 108 Å². The van der Waals surface area contributed by atoms with Crippen molar-refractivity contribution in [3.63, 3.8) is 0 Å². The molecule has 1 aliphatic rings. The first-order valence-corrected chi connectivity index (χ1v) is 7.76. The average molecular weight is 270 g/mol. The van der Waals surface area contributed by atoms with Gasteiger partial charge in [0.2, 0.25) is 0 Å². The van der Waals surface area contributed by atoms with Crippen LogP contribution < -0.4 is 0 Å². The lowest BCUT2D eigenvalue weighted by Crippen LogP contribution is -2.29. The molecule has 4 nitrogen and oxygen atoms in total. The molecule has 0 spiro atoms. The highest BCUT2D eigenvalue weighted by Crippen LogP contribution is 2.24. The summed E-state index contributed by atoms with van der Waals surface area (Å²) in [5, 5.41) is 8.54. The van der Waals surface area contributed by atoms with E-state index in [2.05, 4.69) is 0 Å². The first kappa shape index (κ1) is 13.5. The zero-order chi connectivity index (χ0) is 13.2. The summed E-state index contributed by atoms with van der Waals surface area (Å²) in [5.74, 6) is 0.0388. The predicted octanol–water partition coefficient (Wildman–Crippen LogP) is 1.27. The van der Waals surface area contributed by atoms with E-state index in [1.807, 2.05) is 6.92 Å². The lowest BCUT2D eigenvalue weighted by Gasteiger charge is -2.15. The van der Waals surface area contributed by atoms with Gasteiger partial charge in [-0.15, -0.1) is 0 Å². The Balaban J connectivity index is 2.11. The average Bonchev–Trinajstić information content (AvgIpc) is 2.77. The molecule has 1 aliphatic heterocycles. The molecule has 1 saturated heterocycles. The highest BCUT2D eigenvalue weighted by atomic mass is 32.2. The van der Waals surface area contributed by atoms with Crippen LogP contribution in [0.25, 0.3) is 0 Å². The molecule has 1 fully saturated rings. The van der Waals surface area contributed by atoms with Crippen molar-refractivity contribution in [2.45, 2.75) is 37.1 Å². The second-order valence-corrected chi connectivity index (χ2v) is 6.90. The largest absolute Gasteiger partial charge is 0.392 e. The molecule has 1 heterocycles. The smallest absolute Gasteiger partial charge is 0.159 e. The van der Waals surface area contributed by atoms with E-state index in [1.54, 1.807) is 24.3 Å². The Hall–Kier alpha value is -0.910. The zero-order valence-electron chi connectivity index (χ0n) is 10.4. The van der Waals surface area contributed by atoms with Gasteiger partial charge >= 0.3 is 0 Å². The molecule has 0 aliphatic carbocycles. The van der Waals surface area contributed by atoms with Gasteiger partial charge in [0, 0.05) is 6.61 Å². The maximum absolute atomic E-state index is 12.2. The summed E-state index contributed by atoms with van der Waals surface area (Å²) >= 11 is 0. The minimum absolute atomic E-state index is 0.0273. The topological polar surface area (TPSA) is 63.6 Å². The summed E-state index contributed by atoms with van der Waals surface area (Å²) in [6.45, 7) is 2.30. The van der Waals surface area contributed by atoms with Gasteiger partial charge < -0.3 is 9.84 Å². The van der Waals surface area contributed by atoms with Gasteiger partial charge in [-0.2, -0.15) is 0 Å². The Morgan fingerprint density at radius 1 is 1.28 bits per heavy atom. The van der Waals surface area contributed by atoms with Crippen molar-refractivity contribution in [2.24, 2.45) is 0 Å². The van der Waals surface area contributed by atoms with Gasteiger partial charge in [0.15, 0.2) is 9.84 Å². The molecule has 0 bridgehead atoms. The first-order valence-electron chi connectivity index (χ1n) is 6.05. The van der Waals surface area contributed by atoms with E-state index in [1.165, 1.54) is 0 Å². The highest BCUT2D eigenvalue weighted by Gasteiger charge is 2.35. The van der Waals surface area contributed by atoms with Crippen molar-refractivity contribution in [3.8, 4) is 0 Å². The maximum Gasteiger partial charge on any atom is 0.159 e. The van der Waals surface area contributed by atoms with Crippen LogP contribution in [-0.4, -0.2) is 31.5 Å². The van der Waals surface area contributed by atoms with E-state index in [0.717, 1.165) is 11.1 Å². The molecule has 100 valence electrons. The molecule has 2 atom stereocenters. The molecule has 2 rings (SSSR count). The number of aliphatic hydroxyl groups excluding tert-OH is 1. The predicted molar refractivity (Wildman–Crippen MR) is 68.8 cm³/mol. The van der Waals surface area contributed by atoms with Crippen LogP contribution in [0, 0.1) is 0 Å². The van der Waals surface area contributed by atoms with E-state index in [0.29, 0.717) is 13.0 Å². The summed E-state index contributed by atoms with van der Waals surface area (Å²) in [4.78, 5) is 0. The third-order valence-electron chi connectivity index (χ3n) is 3.34. The molecule has 0 aromatic heterocycles. The van der Waals surface area contributed by atoms with E-state index < -0.39 is 15.1 Å². The number of rotatable bonds is 4. The monoisotopic (exact) mass is 270 g/mol. The molecule has 0 saturated carbocycles. The molecular formula is C13H18O4S. The minimum atomic E-state index is -3.17. The third kappa shape index (κ3) is 2.91. The van der Waals surface area contributed by atoms with Crippen LogP contribution in [0.3, 0.4) is 0 Å². The standard InChI is InChI=1S/C13H18O4S/c1-10-13(6-7-17-10)18(15,16)9-12-4-2-11(8-14)3-5-12/h2-5,10,13-14H,6-9H2,1H3. The zero-order valence-corrected chi connectivity index (χ0v) is 11.2. The van der Waals surface area contributed by atoms with E-state index >= 15 is 0 Å². The normalized spacial score (nSPS) is 24.3. The number of aliphatic hydroxyl groups is 1. The Kier molecular flexibility index (Phi) is 4.04. The second-order valence-electron chi connectivity index (χ2n) is 4.68. The lowest BCUT2D eigenvalue weighted by molar-refractivity contribution is 0.126. The van der Waals surface area contributed by atoms with Crippen molar-refractivity contribution in [3.05, 3.63) is 35.4 Å². The van der Waals surface area contributed by atoms with Gasteiger partial charge in [0.1, 0.15) is 0 Å². The molecule has 1 aromatic rings. The number of benzene rings is 1. The number of hydrogen-bond acceptors (Lipinski definition) is 4. The van der Waals surface area contributed by atoms with E-state index in [9.17, 15) is 8.42 Å². The van der Waals surface area contributed by atoms with Crippen LogP contribution in [0.4, 0.5) is 0 Å². The van der Waals surface area contributed by atoms with Crippen LogP contribution in [0.15, 0.2) is 24.3 Å². The number of ether oxygens (including phenoxy) is 1. The second kappa shape index (κ2) is 5.38. The van der Waals surface area contributed by atoms with Crippen molar-refractivity contribution in [1.29, 1.82) is 0 Å². The summed E-state index contributed by atoms with van der Waals surface area (Å²) in [6.07, 6.45) is 0.366. The Morgan fingerprint density at radius 3 is 2.39 bits per heavy atom. The molecule has 2 unspecified atom stereocenters. The van der Waals surface area contributed by atoms with Crippen molar-refractivity contribution < 1.29 is 18.3 Å². The number of sulfone groups is 1. The van der Waals surface area contributed by atoms with Gasteiger partial charge in [-0.05, 0) is 24.5 Å². The molecule has 0 amide bonds. The van der Waals surface area contributed by atoms with E-state index in [4.69, 9.17) is 9.84 Å². The summed E-state index contributed by atoms with van der Waals surface area (Å²) in [5.41, 5.74) is 1.54. The van der Waals surface area contributed by atoms with Crippen LogP contribution in [0.2, 0.25) is 0 Å². The molecule has 0 radical (unpaired) electrons. The minimum Gasteiger partial charge on any atom is -0.392 e. The fourth-order valence-corrected chi connectivity index (χ4v) is 4.25. The van der Waals surface area contributed by atoms with Crippen molar-refractivity contribution in [2.75, 3.05) is 6.61 Å². The van der Waals surface area contributed by atoms with Gasteiger partial charge in [-0.1, -0.05) is 24.3 Å². The Morgan fingerprint density at radius 2 is 1.89 bits per heavy atom. The van der Waals surface area contributed by atoms with Gasteiger partial charge in [0.05, 0.1) is 23.7 Å². The van der Waals surface area contributed by atoms with Crippen LogP contribution in [0.5, 0.6) is 0 Å². The van der Waals surface area contributed by atoms with Gasteiger partial charge in [-0.25, -0.2) is 8.42 Å². The molecule has 18 heavy (non-hydrogen) atoms. The summed E-state index contributed by atoms with van der Waals surface area (Å²) < 4.78 is 29.8. The fraction of sp³-hybridized carbons (Fsp3) is 0.538. The third-order valence-corrected chi connectivity index (χ3v) is 5.62. The summed E-state index contributed by atoms with van der Waals surface area (Å²) in [7, 11) is -3.17. The fourth-order valence-electron chi connectivity index (χ4n) is 2.26. The molecule has 1 N–H and O–H groups in total. The van der Waals surface area contributed by atoms with Crippen molar-refractivity contribution >= 4 is 9.84 Å². The summed E-state index contributed by atoms with van der Waals surface area (Å²) in [6, 6.07) is 7.01. The van der Waals surface area contributed by atoms with Gasteiger partial charge in [-0.3, -0.25) is 0 Å². The molecule has 5 heteroatoms. The SMILES string of the molecule is CC1OCCC1S(=O)(=O)Cc1ccc(CO)cc1. The van der Waals surface area contributed by atoms with Crippen LogP contribution in [-0.2, 0) is 26.9 Å². The first-order chi connectivity index (χ1) is 8.53. The highest BCUT2D eigenvalue weighted by molar-refractivity contribution is 7.91. The molecule has 1 aromatic carbocycles. The Bertz CT molecular complexity index is 492. The van der Waals surface area contributed by atoms with E-state index in [-0.39, 0.29) is 18.5 Å². The number of hydrogen-bond donors (Lipinski definition) is 1. The van der Waals surface area contributed by atoms with Crippen LogP contribution in [0.1, 0.15) is 24.5 Å². The molecular weight excluding hydrogens is 252 g/mol. The lowest BCUT2D eigenvalue weighted by atomic mass is 10.2. The van der Waals surface area contributed by atoms with Crippen molar-refractivity contribution in [1.82, 2.24) is 0 Å².